The summed E-state index contributed by atoms with van der Waals surface area (Å²) in [6.45, 7) is 1.13. The first-order valence-corrected chi connectivity index (χ1v) is 5.06. The summed E-state index contributed by atoms with van der Waals surface area (Å²) in [6, 6.07) is 4.51. The molecule has 1 aromatic rings. The van der Waals surface area contributed by atoms with Gasteiger partial charge in [-0.2, -0.15) is 0 Å². The molecule has 1 atom stereocenters. The Morgan fingerprint density at radius 2 is 2.40 bits per heavy atom. The Balaban J connectivity index is 1.97. The van der Waals surface area contributed by atoms with Crippen molar-refractivity contribution in [3.05, 3.63) is 24.0 Å². The van der Waals surface area contributed by atoms with Crippen molar-refractivity contribution >= 4 is 5.69 Å². The highest BCUT2D eigenvalue weighted by molar-refractivity contribution is 5.52. The zero-order chi connectivity index (χ0) is 10.7. The third kappa shape index (κ3) is 2.39. The van der Waals surface area contributed by atoms with Crippen LogP contribution in [0.25, 0.3) is 0 Å². The maximum absolute atomic E-state index is 13.3. The molecule has 0 spiro atoms. The molecule has 1 aromatic carbocycles. The highest BCUT2D eigenvalue weighted by Gasteiger charge is 2.17. The molecule has 0 amide bonds. The largest absolute Gasteiger partial charge is 0.486 e. The van der Waals surface area contributed by atoms with Crippen LogP contribution >= 0.6 is 0 Å². The molecular weight excluding hydrogens is 197 g/mol. The van der Waals surface area contributed by atoms with Crippen molar-refractivity contribution in [1.29, 1.82) is 0 Å². The summed E-state index contributed by atoms with van der Waals surface area (Å²) < 4.78 is 24.0. The fraction of sp³-hybridized carbons (Fsp3) is 0.455. The highest BCUT2D eigenvalue weighted by Crippen LogP contribution is 2.25. The van der Waals surface area contributed by atoms with E-state index in [2.05, 4.69) is 0 Å². The summed E-state index contributed by atoms with van der Waals surface area (Å²) in [6.07, 6.45) is 2.08. The van der Waals surface area contributed by atoms with Crippen LogP contribution in [0.3, 0.4) is 0 Å². The number of benzene rings is 1. The summed E-state index contributed by atoms with van der Waals surface area (Å²) in [5.74, 6) is -0.291. The second-order valence-electron chi connectivity index (χ2n) is 3.60. The molecule has 2 rings (SSSR count). The molecule has 15 heavy (non-hydrogen) atoms. The summed E-state index contributed by atoms with van der Waals surface area (Å²) in [4.78, 5) is 0. The van der Waals surface area contributed by atoms with E-state index in [1.165, 1.54) is 6.07 Å². The Morgan fingerprint density at radius 3 is 3.07 bits per heavy atom. The van der Waals surface area contributed by atoms with Gasteiger partial charge in [0.05, 0.1) is 11.8 Å². The summed E-state index contributed by atoms with van der Waals surface area (Å²) in [7, 11) is 0. The molecule has 0 bridgehead atoms. The zero-order valence-electron chi connectivity index (χ0n) is 8.41. The SMILES string of the molecule is Nc1cccc(F)c1OC[C@H]1CCCO1. The van der Waals surface area contributed by atoms with E-state index in [9.17, 15) is 4.39 Å². The summed E-state index contributed by atoms with van der Waals surface area (Å²) >= 11 is 0. The lowest BCUT2D eigenvalue weighted by molar-refractivity contribution is 0.0669. The lowest BCUT2D eigenvalue weighted by atomic mass is 10.2. The Bertz CT molecular complexity index is 317. The molecule has 2 N–H and O–H groups in total. The van der Waals surface area contributed by atoms with Gasteiger partial charge in [0, 0.05) is 6.61 Å². The standard InChI is InChI=1S/C11H14FNO2/c12-9-4-1-5-10(13)11(9)15-7-8-3-2-6-14-8/h1,4-5,8H,2-3,6-7,13H2/t8-/m1/s1. The van der Waals surface area contributed by atoms with Gasteiger partial charge in [0.25, 0.3) is 0 Å². The molecule has 1 saturated heterocycles. The molecule has 1 heterocycles. The monoisotopic (exact) mass is 211 g/mol. The third-order valence-corrected chi connectivity index (χ3v) is 2.43. The molecular formula is C11H14FNO2. The quantitative estimate of drug-likeness (QED) is 0.777. The van der Waals surface area contributed by atoms with Gasteiger partial charge in [0.1, 0.15) is 6.61 Å². The second kappa shape index (κ2) is 4.49. The minimum absolute atomic E-state index is 0.0732. The van der Waals surface area contributed by atoms with Gasteiger partial charge in [-0.3, -0.25) is 0 Å². The van der Waals surface area contributed by atoms with Crippen molar-refractivity contribution in [1.82, 2.24) is 0 Å². The first kappa shape index (κ1) is 10.2. The third-order valence-electron chi connectivity index (χ3n) is 2.43. The van der Waals surface area contributed by atoms with Crippen LogP contribution in [0.1, 0.15) is 12.8 Å². The fourth-order valence-corrected chi connectivity index (χ4v) is 1.63. The van der Waals surface area contributed by atoms with Crippen LogP contribution in [0.15, 0.2) is 18.2 Å². The van der Waals surface area contributed by atoms with E-state index in [4.69, 9.17) is 15.2 Å². The molecule has 0 unspecified atom stereocenters. The molecule has 0 aromatic heterocycles. The van der Waals surface area contributed by atoms with Gasteiger partial charge in [-0.1, -0.05) is 6.07 Å². The van der Waals surface area contributed by atoms with Gasteiger partial charge in [-0.15, -0.1) is 0 Å². The second-order valence-corrected chi connectivity index (χ2v) is 3.60. The van der Waals surface area contributed by atoms with Gasteiger partial charge in [0.2, 0.25) is 0 Å². The molecule has 1 aliphatic rings. The normalized spacial score (nSPS) is 20.5. The first-order valence-electron chi connectivity index (χ1n) is 5.06. The van der Waals surface area contributed by atoms with Crippen molar-refractivity contribution in [3.8, 4) is 5.75 Å². The predicted molar refractivity (Wildman–Crippen MR) is 55.3 cm³/mol. The Morgan fingerprint density at radius 1 is 1.53 bits per heavy atom. The van der Waals surface area contributed by atoms with Crippen LogP contribution in [-0.2, 0) is 4.74 Å². The van der Waals surface area contributed by atoms with Crippen LogP contribution in [0.5, 0.6) is 5.75 Å². The van der Waals surface area contributed by atoms with Crippen molar-refractivity contribution < 1.29 is 13.9 Å². The predicted octanol–water partition coefficient (Wildman–Crippen LogP) is 1.97. The maximum atomic E-state index is 13.3. The van der Waals surface area contributed by atoms with E-state index in [1.54, 1.807) is 12.1 Å². The molecule has 1 aliphatic heterocycles. The molecule has 1 fully saturated rings. The van der Waals surface area contributed by atoms with Crippen LogP contribution in [0.2, 0.25) is 0 Å². The number of ether oxygens (including phenoxy) is 2. The minimum Gasteiger partial charge on any atom is -0.486 e. The number of nitrogens with two attached hydrogens (primary N) is 1. The van der Waals surface area contributed by atoms with Gasteiger partial charge in [-0.25, -0.2) is 4.39 Å². The Kier molecular flexibility index (Phi) is 3.06. The number of hydrogen-bond acceptors (Lipinski definition) is 3. The van der Waals surface area contributed by atoms with Gasteiger partial charge in [0.15, 0.2) is 11.6 Å². The lowest BCUT2D eigenvalue weighted by Crippen LogP contribution is -2.17. The van der Waals surface area contributed by atoms with Crippen LogP contribution in [-0.4, -0.2) is 19.3 Å². The average molecular weight is 211 g/mol. The van der Waals surface area contributed by atoms with E-state index >= 15 is 0 Å². The Labute approximate surface area is 88.0 Å². The Hall–Kier alpha value is -1.29. The number of hydrogen-bond donors (Lipinski definition) is 1. The number of anilines is 1. The van der Waals surface area contributed by atoms with E-state index in [0.29, 0.717) is 12.3 Å². The maximum Gasteiger partial charge on any atom is 0.177 e. The van der Waals surface area contributed by atoms with Gasteiger partial charge >= 0.3 is 0 Å². The lowest BCUT2D eigenvalue weighted by Gasteiger charge is -2.13. The molecule has 0 saturated carbocycles. The van der Waals surface area contributed by atoms with E-state index < -0.39 is 5.82 Å². The van der Waals surface area contributed by atoms with Gasteiger partial charge in [-0.05, 0) is 25.0 Å². The number of para-hydroxylation sites is 1. The van der Waals surface area contributed by atoms with E-state index in [0.717, 1.165) is 19.4 Å². The number of rotatable bonds is 3. The number of halogens is 1. The van der Waals surface area contributed by atoms with Crippen LogP contribution in [0, 0.1) is 5.82 Å². The van der Waals surface area contributed by atoms with Crippen molar-refractivity contribution in [2.24, 2.45) is 0 Å². The molecule has 0 aliphatic carbocycles. The first-order chi connectivity index (χ1) is 7.27. The van der Waals surface area contributed by atoms with Crippen LogP contribution in [0.4, 0.5) is 10.1 Å². The smallest absolute Gasteiger partial charge is 0.177 e. The molecule has 0 radical (unpaired) electrons. The van der Waals surface area contributed by atoms with E-state index in [-0.39, 0.29) is 11.9 Å². The highest BCUT2D eigenvalue weighted by atomic mass is 19.1. The van der Waals surface area contributed by atoms with Gasteiger partial charge < -0.3 is 15.2 Å². The zero-order valence-corrected chi connectivity index (χ0v) is 8.41. The summed E-state index contributed by atoms with van der Waals surface area (Å²) in [5.41, 5.74) is 5.93. The molecule has 3 nitrogen and oxygen atoms in total. The average Bonchev–Trinajstić information content (AvgIpc) is 2.70. The van der Waals surface area contributed by atoms with Crippen molar-refractivity contribution in [2.45, 2.75) is 18.9 Å². The van der Waals surface area contributed by atoms with Crippen molar-refractivity contribution in [2.75, 3.05) is 18.9 Å². The number of nitrogen functional groups attached to an aromatic ring is 1. The molecule has 82 valence electrons. The van der Waals surface area contributed by atoms with E-state index in [1.807, 2.05) is 0 Å². The summed E-state index contributed by atoms with van der Waals surface area (Å²) in [5, 5.41) is 0. The van der Waals surface area contributed by atoms with Crippen molar-refractivity contribution in [3.63, 3.8) is 0 Å². The fourth-order valence-electron chi connectivity index (χ4n) is 1.63. The van der Waals surface area contributed by atoms with Crippen LogP contribution < -0.4 is 10.5 Å². The molecule has 4 heteroatoms. The topological polar surface area (TPSA) is 44.5 Å². The minimum atomic E-state index is -0.423.